The molecule has 0 fully saturated rings. The van der Waals surface area contributed by atoms with E-state index >= 15 is 0 Å². The van der Waals surface area contributed by atoms with Crippen LogP contribution in [0, 0.1) is 0 Å². The minimum atomic E-state index is -4.59. The fourth-order valence-electron chi connectivity index (χ4n) is 3.99. The van der Waals surface area contributed by atoms with Gasteiger partial charge in [0, 0.05) is 37.0 Å². The predicted molar refractivity (Wildman–Crippen MR) is 131 cm³/mol. The molecule has 0 radical (unpaired) electrons. The fraction of sp³-hybridized carbons (Fsp3) is 0.370. The number of carbonyl (C=O) groups is 1. The number of aliphatic hydroxyl groups is 1. The van der Waals surface area contributed by atoms with Crippen molar-refractivity contribution in [3.63, 3.8) is 0 Å². The zero-order valence-electron chi connectivity index (χ0n) is 20.5. The molecule has 1 unspecified atom stereocenters. The van der Waals surface area contributed by atoms with E-state index in [-0.39, 0.29) is 47.4 Å². The van der Waals surface area contributed by atoms with Gasteiger partial charge in [0.1, 0.15) is 11.4 Å². The van der Waals surface area contributed by atoms with Crippen molar-refractivity contribution in [2.45, 2.75) is 57.4 Å². The Morgan fingerprint density at radius 1 is 1.00 bits per heavy atom. The number of carbonyl (C=O) groups excluding carboxylic acids is 1. The van der Waals surface area contributed by atoms with Gasteiger partial charge in [0.15, 0.2) is 5.78 Å². The van der Waals surface area contributed by atoms with Gasteiger partial charge in [-0.3, -0.25) is 14.8 Å². The topological polar surface area (TPSA) is 75.1 Å². The van der Waals surface area contributed by atoms with Gasteiger partial charge in [0.25, 0.3) is 0 Å². The number of ketones is 1. The Labute approximate surface area is 215 Å². The molecule has 0 aliphatic rings. The number of aromatic nitrogens is 2. The zero-order chi connectivity index (χ0) is 27.9. The average Bonchev–Trinajstić information content (AvgIpc) is 2.87. The number of hydrogen-bond donors (Lipinski definition) is 2. The molecule has 0 bridgehead atoms. The van der Waals surface area contributed by atoms with Gasteiger partial charge < -0.3 is 10.4 Å². The van der Waals surface area contributed by atoms with Gasteiger partial charge >= 0.3 is 12.4 Å². The number of nitrogens with one attached hydrogen (secondary N) is 1. The number of benzene rings is 1. The normalized spacial score (nSPS) is 12.8. The molecule has 0 spiro atoms. The van der Waals surface area contributed by atoms with Crippen molar-refractivity contribution in [3.05, 3.63) is 77.4 Å². The molecular weight excluding hydrogens is 512 g/mol. The van der Waals surface area contributed by atoms with E-state index in [1.807, 2.05) is 6.92 Å². The third-order valence-electron chi connectivity index (χ3n) is 6.01. The van der Waals surface area contributed by atoms with E-state index < -0.39 is 23.6 Å². The minimum Gasteiger partial charge on any atom is -0.396 e. The van der Waals surface area contributed by atoms with Crippen LogP contribution in [0.5, 0.6) is 0 Å². The van der Waals surface area contributed by atoms with Gasteiger partial charge in [0.05, 0.1) is 11.3 Å². The molecule has 2 heterocycles. The van der Waals surface area contributed by atoms with Crippen LogP contribution < -0.4 is 5.32 Å². The lowest BCUT2D eigenvalue weighted by Gasteiger charge is -2.20. The summed E-state index contributed by atoms with van der Waals surface area (Å²) in [7, 11) is 0. The molecule has 3 aromatic rings. The van der Waals surface area contributed by atoms with Gasteiger partial charge in [-0.15, -0.1) is 0 Å². The van der Waals surface area contributed by atoms with E-state index in [1.165, 1.54) is 36.5 Å². The molecule has 3 rings (SSSR count). The molecule has 204 valence electrons. The van der Waals surface area contributed by atoms with Crippen molar-refractivity contribution in [3.8, 4) is 11.1 Å². The smallest absolute Gasteiger partial charge is 0.396 e. The van der Waals surface area contributed by atoms with Crippen molar-refractivity contribution in [1.29, 1.82) is 0 Å². The lowest BCUT2D eigenvalue weighted by Crippen LogP contribution is -2.22. The maximum atomic E-state index is 13.6. The number of Topliss-reactive ketones (excluding diaryl/α,β-unsaturated/α-hetero) is 1. The van der Waals surface area contributed by atoms with Crippen LogP contribution in [0.25, 0.3) is 11.1 Å². The number of rotatable bonds is 11. The van der Waals surface area contributed by atoms with E-state index in [2.05, 4.69) is 15.3 Å². The molecule has 11 heteroatoms. The van der Waals surface area contributed by atoms with Gasteiger partial charge in [0.2, 0.25) is 0 Å². The maximum absolute atomic E-state index is 13.6. The Kier molecular flexibility index (Phi) is 9.48. The molecule has 38 heavy (non-hydrogen) atoms. The van der Waals surface area contributed by atoms with Gasteiger partial charge in [-0.05, 0) is 55.0 Å². The molecule has 1 atom stereocenters. The number of halogens is 6. The van der Waals surface area contributed by atoms with Crippen LogP contribution in [0.1, 0.15) is 59.9 Å². The molecule has 0 aliphatic heterocycles. The van der Waals surface area contributed by atoms with Crippen molar-refractivity contribution >= 4 is 11.5 Å². The summed E-state index contributed by atoms with van der Waals surface area (Å²) < 4.78 is 78.9. The molecule has 0 aliphatic carbocycles. The Morgan fingerprint density at radius 2 is 1.74 bits per heavy atom. The Hall–Kier alpha value is -3.47. The number of aliphatic hydroxyl groups excluding tert-OH is 1. The highest BCUT2D eigenvalue weighted by Crippen LogP contribution is 2.38. The number of nitrogens with zero attached hydrogens (tertiary/aromatic N) is 2. The largest absolute Gasteiger partial charge is 0.433 e. The van der Waals surface area contributed by atoms with Crippen LogP contribution in [-0.4, -0.2) is 33.5 Å². The number of hydrogen-bond acceptors (Lipinski definition) is 5. The first-order valence-electron chi connectivity index (χ1n) is 12.0. The SMILES string of the molecule is CCC(CCO)Nc1cc(-c2ccccc2C(F)(F)F)cnc1C(=O)CCCc1ccc(C(F)(F)F)nc1. The summed E-state index contributed by atoms with van der Waals surface area (Å²) in [6.45, 7) is 1.74. The monoisotopic (exact) mass is 539 g/mol. The highest BCUT2D eigenvalue weighted by atomic mass is 19.4. The van der Waals surface area contributed by atoms with Crippen LogP contribution in [0.4, 0.5) is 32.0 Å². The van der Waals surface area contributed by atoms with E-state index in [0.29, 0.717) is 31.2 Å². The molecule has 1 aromatic carbocycles. The van der Waals surface area contributed by atoms with Crippen LogP contribution in [0.2, 0.25) is 0 Å². The first kappa shape index (κ1) is 29.1. The lowest BCUT2D eigenvalue weighted by atomic mass is 9.98. The fourth-order valence-corrected chi connectivity index (χ4v) is 3.99. The predicted octanol–water partition coefficient (Wildman–Crippen LogP) is 6.96. The van der Waals surface area contributed by atoms with Crippen molar-refractivity contribution in [1.82, 2.24) is 9.97 Å². The summed E-state index contributed by atoms with van der Waals surface area (Å²) in [5.74, 6) is -0.373. The first-order valence-corrected chi connectivity index (χ1v) is 12.0. The van der Waals surface area contributed by atoms with Crippen LogP contribution in [0.15, 0.2) is 54.9 Å². The number of pyridine rings is 2. The van der Waals surface area contributed by atoms with Crippen LogP contribution in [0.3, 0.4) is 0 Å². The summed E-state index contributed by atoms with van der Waals surface area (Å²) in [5, 5.41) is 12.5. The average molecular weight is 540 g/mol. The summed E-state index contributed by atoms with van der Waals surface area (Å²) in [6.07, 6.45) is -5.23. The number of alkyl halides is 6. The molecule has 0 saturated heterocycles. The second kappa shape index (κ2) is 12.4. The van der Waals surface area contributed by atoms with Gasteiger partial charge in [-0.2, -0.15) is 26.3 Å². The Balaban J connectivity index is 1.84. The molecule has 0 amide bonds. The third-order valence-corrected chi connectivity index (χ3v) is 6.01. The molecule has 0 saturated carbocycles. The van der Waals surface area contributed by atoms with E-state index in [4.69, 9.17) is 0 Å². The lowest BCUT2D eigenvalue weighted by molar-refractivity contribution is -0.141. The van der Waals surface area contributed by atoms with Crippen LogP contribution in [-0.2, 0) is 18.8 Å². The van der Waals surface area contributed by atoms with Crippen molar-refractivity contribution < 1.29 is 36.2 Å². The Bertz CT molecular complexity index is 1230. The highest BCUT2D eigenvalue weighted by Gasteiger charge is 2.34. The second-order valence-electron chi connectivity index (χ2n) is 8.75. The number of anilines is 1. The summed E-state index contributed by atoms with van der Waals surface area (Å²) in [6, 6.07) is 8.45. The summed E-state index contributed by atoms with van der Waals surface area (Å²) in [4.78, 5) is 20.7. The van der Waals surface area contributed by atoms with Crippen LogP contribution >= 0.6 is 0 Å². The zero-order valence-corrected chi connectivity index (χ0v) is 20.5. The molecule has 2 aromatic heterocycles. The van der Waals surface area contributed by atoms with Crippen molar-refractivity contribution in [2.75, 3.05) is 11.9 Å². The van der Waals surface area contributed by atoms with Gasteiger partial charge in [-0.25, -0.2) is 0 Å². The molecular formula is C27H27F6N3O2. The van der Waals surface area contributed by atoms with Gasteiger partial charge in [-0.1, -0.05) is 31.2 Å². The summed E-state index contributed by atoms with van der Waals surface area (Å²) in [5.41, 5.74) is -0.922. The number of aryl methyl sites for hydroxylation is 1. The highest BCUT2D eigenvalue weighted by molar-refractivity contribution is 6.00. The quantitative estimate of drug-likeness (QED) is 0.204. The minimum absolute atomic E-state index is 0.0119. The maximum Gasteiger partial charge on any atom is 0.433 e. The van der Waals surface area contributed by atoms with Crippen molar-refractivity contribution in [2.24, 2.45) is 0 Å². The van der Waals surface area contributed by atoms with E-state index in [9.17, 15) is 36.2 Å². The molecule has 2 N–H and O–H groups in total. The Morgan fingerprint density at radius 3 is 2.34 bits per heavy atom. The third kappa shape index (κ3) is 7.53. The summed E-state index contributed by atoms with van der Waals surface area (Å²) >= 11 is 0. The second-order valence-corrected chi connectivity index (χ2v) is 8.75. The van der Waals surface area contributed by atoms with E-state index in [1.54, 1.807) is 0 Å². The first-order chi connectivity index (χ1) is 17.9. The standard InChI is InChI=1S/C27H27F6N3O2/c1-2-19(12-13-37)36-22-14-18(20-7-3-4-8-21(20)26(28,29)30)16-35-25(22)23(38)9-5-6-17-10-11-24(34-15-17)27(31,32)33/h3-4,7-8,10-11,14-16,19,36-37H,2,5-6,9,12-13H2,1H3. The molecule has 5 nitrogen and oxygen atoms in total. The van der Waals surface area contributed by atoms with E-state index in [0.717, 1.165) is 18.3 Å².